The van der Waals surface area contributed by atoms with E-state index < -0.39 is 0 Å². The minimum absolute atomic E-state index is 0.306. The van der Waals surface area contributed by atoms with E-state index in [2.05, 4.69) is 55.5 Å². The molecule has 0 aliphatic carbocycles. The van der Waals surface area contributed by atoms with Crippen LogP contribution in [0.5, 0.6) is 0 Å². The molecular formula is C20H26O. The van der Waals surface area contributed by atoms with Crippen LogP contribution in [0, 0.1) is 0 Å². The van der Waals surface area contributed by atoms with Crippen molar-refractivity contribution in [3.05, 3.63) is 71.3 Å². The molecule has 0 amide bonds. The maximum atomic E-state index is 10.1. The molecule has 2 rings (SSSR count). The van der Waals surface area contributed by atoms with Gasteiger partial charge in [0, 0.05) is 0 Å². The van der Waals surface area contributed by atoms with E-state index in [1.807, 2.05) is 6.07 Å². The van der Waals surface area contributed by atoms with Gasteiger partial charge in [-0.05, 0) is 48.8 Å². The maximum Gasteiger partial charge on any atom is 0.0790 e. The topological polar surface area (TPSA) is 20.2 Å². The Morgan fingerprint density at radius 3 is 2.24 bits per heavy atom. The second-order valence-electron chi connectivity index (χ2n) is 5.74. The van der Waals surface area contributed by atoms with E-state index in [-0.39, 0.29) is 6.10 Å². The van der Waals surface area contributed by atoms with Gasteiger partial charge in [0.25, 0.3) is 0 Å². The van der Waals surface area contributed by atoms with E-state index >= 15 is 0 Å². The lowest BCUT2D eigenvalue weighted by Crippen LogP contribution is -1.98. The van der Waals surface area contributed by atoms with Crippen LogP contribution < -0.4 is 0 Å². The standard InChI is InChI=1S/C20H26O/c1-2-9-20(21)19-15-8-14-18(16-19)13-7-6-12-17-10-4-3-5-11-17/h3-5,8,10-11,14-16,20-21H,2,6-7,9,12-13H2,1H3. The summed E-state index contributed by atoms with van der Waals surface area (Å²) in [6.07, 6.45) is 6.21. The zero-order valence-corrected chi connectivity index (χ0v) is 13.0. The van der Waals surface area contributed by atoms with E-state index in [4.69, 9.17) is 0 Å². The molecule has 21 heavy (non-hydrogen) atoms. The highest BCUT2D eigenvalue weighted by molar-refractivity contribution is 5.25. The Balaban J connectivity index is 1.79. The summed E-state index contributed by atoms with van der Waals surface area (Å²) in [7, 11) is 0. The number of aliphatic hydroxyl groups is 1. The van der Waals surface area contributed by atoms with Gasteiger partial charge in [0.15, 0.2) is 0 Å². The molecule has 2 aromatic rings. The van der Waals surface area contributed by atoms with Crippen LogP contribution in [-0.2, 0) is 12.8 Å². The molecule has 0 fully saturated rings. The Labute approximate surface area is 128 Å². The molecule has 1 heteroatoms. The predicted octanol–water partition coefficient (Wildman–Crippen LogP) is 5.09. The third-order valence-corrected chi connectivity index (χ3v) is 3.92. The van der Waals surface area contributed by atoms with Crippen LogP contribution in [0.25, 0.3) is 0 Å². The zero-order valence-electron chi connectivity index (χ0n) is 13.0. The van der Waals surface area contributed by atoms with E-state index in [0.717, 1.165) is 31.2 Å². The van der Waals surface area contributed by atoms with E-state index in [1.165, 1.54) is 24.0 Å². The van der Waals surface area contributed by atoms with Gasteiger partial charge in [-0.25, -0.2) is 0 Å². The molecule has 0 aliphatic rings. The molecule has 1 N–H and O–H groups in total. The van der Waals surface area contributed by atoms with E-state index in [1.54, 1.807) is 0 Å². The molecule has 0 bridgehead atoms. The summed E-state index contributed by atoms with van der Waals surface area (Å²) in [5.41, 5.74) is 3.83. The molecule has 0 heterocycles. The lowest BCUT2D eigenvalue weighted by molar-refractivity contribution is 0.166. The average molecular weight is 282 g/mol. The number of hydrogen-bond acceptors (Lipinski definition) is 1. The van der Waals surface area contributed by atoms with Gasteiger partial charge in [-0.15, -0.1) is 0 Å². The molecule has 1 nitrogen and oxygen atoms in total. The highest BCUT2D eigenvalue weighted by Gasteiger charge is 2.06. The molecule has 0 saturated carbocycles. The number of aliphatic hydroxyl groups excluding tert-OH is 1. The van der Waals surface area contributed by atoms with Crippen LogP contribution in [0.2, 0.25) is 0 Å². The summed E-state index contributed by atoms with van der Waals surface area (Å²) < 4.78 is 0. The van der Waals surface area contributed by atoms with Crippen molar-refractivity contribution in [2.45, 2.75) is 51.6 Å². The second kappa shape index (κ2) is 8.63. The van der Waals surface area contributed by atoms with E-state index in [9.17, 15) is 5.11 Å². The molecule has 112 valence electrons. The average Bonchev–Trinajstić information content (AvgIpc) is 2.53. The third-order valence-electron chi connectivity index (χ3n) is 3.92. The van der Waals surface area contributed by atoms with Crippen molar-refractivity contribution in [1.82, 2.24) is 0 Å². The first kappa shape index (κ1) is 15.8. The predicted molar refractivity (Wildman–Crippen MR) is 89.4 cm³/mol. The molecule has 0 saturated heterocycles. The van der Waals surface area contributed by atoms with Crippen LogP contribution in [0.3, 0.4) is 0 Å². The van der Waals surface area contributed by atoms with Crippen LogP contribution in [0.1, 0.15) is 55.4 Å². The Morgan fingerprint density at radius 2 is 1.52 bits per heavy atom. The third kappa shape index (κ3) is 5.35. The Kier molecular flexibility index (Phi) is 6.49. The number of unbranched alkanes of at least 4 members (excludes halogenated alkanes) is 1. The summed E-state index contributed by atoms with van der Waals surface area (Å²) in [5.74, 6) is 0. The summed E-state index contributed by atoms with van der Waals surface area (Å²) in [5, 5.41) is 10.1. The van der Waals surface area contributed by atoms with Gasteiger partial charge in [-0.2, -0.15) is 0 Å². The van der Waals surface area contributed by atoms with Crippen molar-refractivity contribution in [2.24, 2.45) is 0 Å². The molecule has 1 atom stereocenters. The van der Waals surface area contributed by atoms with Crippen molar-refractivity contribution in [1.29, 1.82) is 0 Å². The van der Waals surface area contributed by atoms with Crippen molar-refractivity contribution in [2.75, 3.05) is 0 Å². The lowest BCUT2D eigenvalue weighted by atomic mass is 9.99. The fourth-order valence-corrected chi connectivity index (χ4v) is 2.70. The minimum Gasteiger partial charge on any atom is -0.388 e. The molecule has 0 spiro atoms. The minimum atomic E-state index is -0.306. The number of hydrogen-bond donors (Lipinski definition) is 1. The van der Waals surface area contributed by atoms with E-state index in [0.29, 0.717) is 0 Å². The Hall–Kier alpha value is -1.60. The molecule has 0 aliphatic heterocycles. The van der Waals surface area contributed by atoms with Crippen molar-refractivity contribution < 1.29 is 5.11 Å². The lowest BCUT2D eigenvalue weighted by Gasteiger charge is -2.11. The van der Waals surface area contributed by atoms with Crippen LogP contribution in [0.4, 0.5) is 0 Å². The molecule has 1 unspecified atom stereocenters. The van der Waals surface area contributed by atoms with Crippen molar-refractivity contribution in [3.8, 4) is 0 Å². The van der Waals surface area contributed by atoms with Gasteiger partial charge in [0.1, 0.15) is 0 Å². The largest absolute Gasteiger partial charge is 0.388 e. The smallest absolute Gasteiger partial charge is 0.0790 e. The van der Waals surface area contributed by atoms with Gasteiger partial charge in [0.05, 0.1) is 6.10 Å². The number of aryl methyl sites for hydroxylation is 2. The number of rotatable bonds is 8. The Morgan fingerprint density at radius 1 is 0.857 bits per heavy atom. The number of benzene rings is 2. The molecule has 0 aromatic heterocycles. The summed E-state index contributed by atoms with van der Waals surface area (Å²) in [6.45, 7) is 2.11. The fourth-order valence-electron chi connectivity index (χ4n) is 2.70. The normalized spacial score (nSPS) is 12.3. The first-order chi connectivity index (χ1) is 10.3. The first-order valence-corrected chi connectivity index (χ1v) is 8.10. The van der Waals surface area contributed by atoms with Gasteiger partial charge in [-0.3, -0.25) is 0 Å². The quantitative estimate of drug-likeness (QED) is 0.669. The molecular weight excluding hydrogens is 256 g/mol. The maximum absolute atomic E-state index is 10.1. The fraction of sp³-hybridized carbons (Fsp3) is 0.400. The van der Waals surface area contributed by atoms with Gasteiger partial charge in [0.2, 0.25) is 0 Å². The van der Waals surface area contributed by atoms with Gasteiger partial charge < -0.3 is 5.11 Å². The van der Waals surface area contributed by atoms with Crippen LogP contribution in [-0.4, -0.2) is 5.11 Å². The summed E-state index contributed by atoms with van der Waals surface area (Å²) >= 11 is 0. The second-order valence-corrected chi connectivity index (χ2v) is 5.74. The van der Waals surface area contributed by atoms with Gasteiger partial charge in [-0.1, -0.05) is 67.9 Å². The monoisotopic (exact) mass is 282 g/mol. The van der Waals surface area contributed by atoms with Crippen molar-refractivity contribution >= 4 is 0 Å². The van der Waals surface area contributed by atoms with Crippen LogP contribution >= 0.6 is 0 Å². The summed E-state index contributed by atoms with van der Waals surface area (Å²) in [6, 6.07) is 19.1. The highest BCUT2D eigenvalue weighted by Crippen LogP contribution is 2.20. The van der Waals surface area contributed by atoms with Gasteiger partial charge >= 0.3 is 0 Å². The van der Waals surface area contributed by atoms with Crippen LogP contribution in [0.15, 0.2) is 54.6 Å². The van der Waals surface area contributed by atoms with Crippen molar-refractivity contribution in [3.63, 3.8) is 0 Å². The molecule has 0 radical (unpaired) electrons. The highest BCUT2D eigenvalue weighted by atomic mass is 16.3. The first-order valence-electron chi connectivity index (χ1n) is 8.10. The Bertz CT molecular complexity index is 518. The summed E-state index contributed by atoms with van der Waals surface area (Å²) in [4.78, 5) is 0. The molecule has 2 aromatic carbocycles. The SMILES string of the molecule is CCCC(O)c1cccc(CCCCc2ccccc2)c1. The zero-order chi connectivity index (χ0) is 14.9.